The van der Waals surface area contributed by atoms with Gasteiger partial charge in [0.1, 0.15) is 5.75 Å². The average molecular weight is 218 g/mol. The van der Waals surface area contributed by atoms with Gasteiger partial charge >= 0.3 is 5.97 Å². The fourth-order valence-electron chi connectivity index (χ4n) is 0.428. The van der Waals surface area contributed by atoms with Crippen LogP contribution in [0.3, 0.4) is 0 Å². The second-order valence-electron chi connectivity index (χ2n) is 1.88. The maximum absolute atomic E-state index is 9.25. The third-order valence-electron chi connectivity index (χ3n) is 0.931. The van der Waals surface area contributed by atoms with Crippen molar-refractivity contribution in [1.82, 2.24) is 0 Å². The molecule has 0 aliphatic heterocycles. The summed E-state index contributed by atoms with van der Waals surface area (Å²) in [7, 11) is 0. The maximum atomic E-state index is 9.25. The summed E-state index contributed by atoms with van der Waals surface area (Å²) in [6.07, 6.45) is 0.833. The summed E-state index contributed by atoms with van der Waals surface area (Å²) < 4.78 is 0. The van der Waals surface area contributed by atoms with Crippen molar-refractivity contribution in [3.63, 3.8) is 0 Å². The highest BCUT2D eigenvalue weighted by Gasteiger charge is 1.75. The lowest BCUT2D eigenvalue weighted by Gasteiger charge is -1.82. The van der Waals surface area contributed by atoms with Crippen LogP contribution in [0, 0.1) is 0 Å². The molecule has 0 fully saturated rings. The molecule has 1 atom stereocenters. The molecule has 0 aliphatic carbocycles. The number of benzene rings is 1. The van der Waals surface area contributed by atoms with Gasteiger partial charge in [0.25, 0.3) is 0 Å². The molecule has 0 heterocycles. The van der Waals surface area contributed by atoms with E-state index < -0.39 is 5.97 Å². The van der Waals surface area contributed by atoms with Gasteiger partial charge in [-0.05, 0) is 12.1 Å². The van der Waals surface area contributed by atoms with Gasteiger partial charge in [-0.1, -0.05) is 24.8 Å². The van der Waals surface area contributed by atoms with Crippen LogP contribution in [0.4, 0.5) is 0 Å². The first-order valence-corrected chi connectivity index (χ1v) is 3.26. The predicted molar refractivity (Wildman–Crippen MR) is 60.7 cm³/mol. The Hall–Kier alpha value is -1.38. The van der Waals surface area contributed by atoms with Crippen molar-refractivity contribution >= 4 is 15.9 Å². The molecule has 1 rings (SSSR count). The molecule has 5 heteroatoms. The van der Waals surface area contributed by atoms with E-state index in [1.807, 2.05) is 6.07 Å². The molecule has 0 aliphatic rings. The first kappa shape index (κ1) is 18.4. The van der Waals surface area contributed by atoms with Gasteiger partial charge in [-0.3, -0.25) is 0 Å². The SMILES string of the molecule is C=CC(=O)O.O.Oc1ccccc1.P. The number of phenols is 1. The summed E-state index contributed by atoms with van der Waals surface area (Å²) in [4.78, 5) is 9.25. The number of rotatable bonds is 1. The van der Waals surface area contributed by atoms with E-state index in [9.17, 15) is 4.79 Å². The van der Waals surface area contributed by atoms with Crippen molar-refractivity contribution < 1.29 is 20.5 Å². The van der Waals surface area contributed by atoms with Crippen LogP contribution >= 0.6 is 9.90 Å². The van der Waals surface area contributed by atoms with Crippen molar-refractivity contribution in [3.8, 4) is 5.75 Å². The van der Waals surface area contributed by atoms with Crippen molar-refractivity contribution in [1.29, 1.82) is 0 Å². The topological polar surface area (TPSA) is 89.0 Å². The molecule has 0 amide bonds. The van der Waals surface area contributed by atoms with E-state index in [0.29, 0.717) is 5.75 Å². The summed E-state index contributed by atoms with van der Waals surface area (Å²) in [5.74, 6) is -0.660. The highest BCUT2D eigenvalue weighted by Crippen LogP contribution is 2.02. The first-order valence-electron chi connectivity index (χ1n) is 3.26. The Morgan fingerprint density at radius 2 is 1.64 bits per heavy atom. The number of hydrogen-bond acceptors (Lipinski definition) is 2. The Bertz CT molecular complexity index is 248. The number of phenolic OH excluding ortho intramolecular Hbond substituents is 1. The van der Waals surface area contributed by atoms with E-state index in [0.717, 1.165) is 6.08 Å². The molecule has 4 nitrogen and oxygen atoms in total. The maximum Gasteiger partial charge on any atom is 0.327 e. The number of carboxylic acids is 1. The second-order valence-corrected chi connectivity index (χ2v) is 1.88. The Labute approximate surface area is 85.8 Å². The molecule has 0 saturated carbocycles. The standard InChI is InChI=1S/C6H6O.C3H4O2.H2O.H3P/c7-6-4-2-1-3-5-6;1-2-3(4)5;;/h1-5,7H;2H,1H2,(H,4,5);1H2;1H3. The molecule has 0 saturated heterocycles. The van der Waals surface area contributed by atoms with Gasteiger partial charge in [0.15, 0.2) is 0 Å². The molecule has 0 spiro atoms. The minimum Gasteiger partial charge on any atom is -0.508 e. The number of hydrogen-bond donors (Lipinski definition) is 2. The highest BCUT2D eigenvalue weighted by molar-refractivity contribution is 6.92. The van der Waals surface area contributed by atoms with Crippen LogP contribution in [0.2, 0.25) is 0 Å². The molecule has 0 aromatic heterocycles. The average Bonchev–Trinajstić information content (AvgIpc) is 2.07. The number of para-hydroxylation sites is 1. The van der Waals surface area contributed by atoms with E-state index in [1.54, 1.807) is 24.3 Å². The minimum absolute atomic E-state index is 0. The van der Waals surface area contributed by atoms with Gasteiger partial charge in [0.2, 0.25) is 0 Å². The molecule has 80 valence electrons. The quantitative estimate of drug-likeness (QED) is 0.541. The van der Waals surface area contributed by atoms with Crippen LogP contribution in [0.15, 0.2) is 43.0 Å². The Morgan fingerprint density at radius 1 is 1.29 bits per heavy atom. The summed E-state index contributed by atoms with van der Waals surface area (Å²) in [6.45, 7) is 2.96. The number of carboxylic acid groups (broad SMARTS) is 1. The zero-order valence-electron chi connectivity index (χ0n) is 7.68. The van der Waals surface area contributed by atoms with E-state index in [1.165, 1.54) is 0 Å². The molecular formula is C9H15O4P. The second kappa shape index (κ2) is 11.6. The number of carbonyl (C=O) groups is 1. The summed E-state index contributed by atoms with van der Waals surface area (Å²) in [5, 5.41) is 16.2. The van der Waals surface area contributed by atoms with Crippen molar-refractivity contribution in [2.24, 2.45) is 0 Å². The zero-order chi connectivity index (χ0) is 9.40. The van der Waals surface area contributed by atoms with Gasteiger partial charge in [0, 0.05) is 6.08 Å². The fourth-order valence-corrected chi connectivity index (χ4v) is 0.428. The van der Waals surface area contributed by atoms with E-state index in [4.69, 9.17) is 10.2 Å². The van der Waals surface area contributed by atoms with Gasteiger partial charge in [-0.25, -0.2) is 4.79 Å². The smallest absolute Gasteiger partial charge is 0.327 e. The van der Waals surface area contributed by atoms with Crippen LogP contribution in [0.5, 0.6) is 5.75 Å². The van der Waals surface area contributed by atoms with Crippen LogP contribution < -0.4 is 0 Å². The van der Waals surface area contributed by atoms with Gasteiger partial charge in [-0.2, -0.15) is 9.90 Å². The zero-order valence-corrected chi connectivity index (χ0v) is 9.10. The summed E-state index contributed by atoms with van der Waals surface area (Å²) >= 11 is 0. The lowest BCUT2D eigenvalue weighted by molar-refractivity contribution is -0.131. The fraction of sp³-hybridized carbons (Fsp3) is 0. The molecule has 1 aromatic rings. The highest BCUT2D eigenvalue weighted by atomic mass is 31.0. The molecular weight excluding hydrogens is 203 g/mol. The van der Waals surface area contributed by atoms with E-state index in [-0.39, 0.29) is 15.4 Å². The normalized spacial score (nSPS) is 6.57. The number of aromatic hydroxyl groups is 1. The Balaban J connectivity index is -0.000000159. The van der Waals surface area contributed by atoms with Crippen LogP contribution in [-0.4, -0.2) is 21.7 Å². The van der Waals surface area contributed by atoms with Gasteiger partial charge in [-0.15, -0.1) is 0 Å². The van der Waals surface area contributed by atoms with Gasteiger partial charge < -0.3 is 15.7 Å². The molecule has 0 radical (unpaired) electrons. The van der Waals surface area contributed by atoms with Crippen molar-refractivity contribution in [2.75, 3.05) is 0 Å². The number of aliphatic carboxylic acids is 1. The first-order chi connectivity index (χ1) is 5.66. The van der Waals surface area contributed by atoms with E-state index in [2.05, 4.69) is 6.58 Å². The van der Waals surface area contributed by atoms with Gasteiger partial charge in [0.05, 0.1) is 0 Å². The van der Waals surface area contributed by atoms with Crippen LogP contribution in [0.25, 0.3) is 0 Å². The minimum atomic E-state index is -0.981. The van der Waals surface area contributed by atoms with Crippen molar-refractivity contribution in [2.45, 2.75) is 0 Å². The molecule has 14 heavy (non-hydrogen) atoms. The predicted octanol–water partition coefficient (Wildman–Crippen LogP) is 0.883. The van der Waals surface area contributed by atoms with Crippen LogP contribution in [0.1, 0.15) is 0 Å². The molecule has 4 N–H and O–H groups in total. The van der Waals surface area contributed by atoms with E-state index >= 15 is 0 Å². The largest absolute Gasteiger partial charge is 0.508 e. The monoisotopic (exact) mass is 218 g/mol. The van der Waals surface area contributed by atoms with Crippen LogP contribution in [-0.2, 0) is 4.79 Å². The third-order valence-corrected chi connectivity index (χ3v) is 0.931. The summed E-state index contributed by atoms with van der Waals surface area (Å²) in [6, 6.07) is 8.71. The third kappa shape index (κ3) is 13.2. The summed E-state index contributed by atoms with van der Waals surface area (Å²) in [5.41, 5.74) is 0. The Kier molecular flexibility index (Phi) is 15.3. The molecule has 1 unspecified atom stereocenters. The van der Waals surface area contributed by atoms with Crippen molar-refractivity contribution in [3.05, 3.63) is 43.0 Å². The lowest BCUT2D eigenvalue weighted by Crippen LogP contribution is -1.82. The lowest BCUT2D eigenvalue weighted by atomic mass is 10.3. The molecule has 0 bridgehead atoms. The Morgan fingerprint density at radius 3 is 1.79 bits per heavy atom. The molecule has 1 aromatic carbocycles.